The fraction of sp³-hybridized carbons (Fsp3) is 0.526. The maximum Gasteiger partial charge on any atom is 0.227 e. The molecule has 0 saturated carbocycles. The number of aromatic nitrogens is 2. The lowest BCUT2D eigenvalue weighted by molar-refractivity contribution is -0.132. The number of rotatable bonds is 7. The maximum absolute atomic E-state index is 12.4. The van der Waals surface area contributed by atoms with Gasteiger partial charge in [-0.2, -0.15) is 4.98 Å². The molecule has 1 amide bonds. The van der Waals surface area contributed by atoms with Crippen LogP contribution in [0.2, 0.25) is 0 Å². The van der Waals surface area contributed by atoms with Crippen molar-refractivity contribution in [2.75, 3.05) is 33.8 Å². The highest BCUT2D eigenvalue weighted by Crippen LogP contribution is 2.21. The Morgan fingerprint density at radius 1 is 1.31 bits per heavy atom. The van der Waals surface area contributed by atoms with Crippen molar-refractivity contribution in [3.63, 3.8) is 0 Å². The zero-order valence-corrected chi connectivity index (χ0v) is 15.4. The summed E-state index contributed by atoms with van der Waals surface area (Å²) in [6.45, 7) is 2.70. The zero-order valence-electron chi connectivity index (χ0n) is 15.4. The summed E-state index contributed by atoms with van der Waals surface area (Å²) >= 11 is 0. The molecule has 1 fully saturated rings. The molecule has 0 unspecified atom stereocenters. The smallest absolute Gasteiger partial charge is 0.227 e. The zero-order chi connectivity index (χ0) is 18.4. The Kier molecular flexibility index (Phi) is 6.22. The van der Waals surface area contributed by atoms with Crippen molar-refractivity contribution in [2.45, 2.75) is 25.7 Å². The van der Waals surface area contributed by atoms with Crippen LogP contribution in [0.4, 0.5) is 0 Å². The van der Waals surface area contributed by atoms with Gasteiger partial charge in [-0.05, 0) is 56.6 Å². The number of piperidine rings is 1. The van der Waals surface area contributed by atoms with Crippen LogP contribution >= 0.6 is 0 Å². The molecule has 0 bridgehead atoms. The molecular formula is C19H26N4O3. The number of nitrogens with zero attached hydrogens (tertiary/aromatic N) is 3. The van der Waals surface area contributed by atoms with Crippen LogP contribution < -0.4 is 10.1 Å². The first-order valence-electron chi connectivity index (χ1n) is 9.09. The summed E-state index contributed by atoms with van der Waals surface area (Å²) in [5.74, 6) is 2.64. The van der Waals surface area contributed by atoms with Gasteiger partial charge in [0.15, 0.2) is 0 Å². The molecule has 1 aromatic heterocycles. The summed E-state index contributed by atoms with van der Waals surface area (Å²) in [5.41, 5.74) is 0.860. The molecule has 1 N–H and O–H groups in total. The van der Waals surface area contributed by atoms with Crippen LogP contribution in [0.3, 0.4) is 0 Å². The minimum absolute atomic E-state index is 0.164. The van der Waals surface area contributed by atoms with Crippen LogP contribution in [0.1, 0.15) is 25.2 Å². The Morgan fingerprint density at radius 2 is 2.04 bits per heavy atom. The third-order valence-electron chi connectivity index (χ3n) is 4.83. The second-order valence-electron chi connectivity index (χ2n) is 6.62. The van der Waals surface area contributed by atoms with Crippen molar-refractivity contribution in [3.8, 4) is 17.1 Å². The van der Waals surface area contributed by atoms with Gasteiger partial charge in [0.25, 0.3) is 0 Å². The first-order chi connectivity index (χ1) is 12.7. The third-order valence-corrected chi connectivity index (χ3v) is 4.83. The minimum atomic E-state index is 0.164. The molecule has 0 atom stereocenters. The highest BCUT2D eigenvalue weighted by molar-refractivity contribution is 5.76. The number of hydrogen-bond donors (Lipinski definition) is 1. The number of aryl methyl sites for hydroxylation is 1. The van der Waals surface area contributed by atoms with Crippen LogP contribution in [0.25, 0.3) is 11.4 Å². The molecule has 2 heterocycles. The molecule has 0 aliphatic carbocycles. The Balaban J connectivity index is 1.49. The van der Waals surface area contributed by atoms with Gasteiger partial charge in [0.1, 0.15) is 5.75 Å². The molecule has 0 spiro atoms. The fourth-order valence-corrected chi connectivity index (χ4v) is 3.26. The Bertz CT molecular complexity index is 706. The number of methoxy groups -OCH3 is 1. The van der Waals surface area contributed by atoms with E-state index < -0.39 is 0 Å². The summed E-state index contributed by atoms with van der Waals surface area (Å²) in [4.78, 5) is 18.7. The van der Waals surface area contributed by atoms with E-state index in [2.05, 4.69) is 15.5 Å². The topological polar surface area (TPSA) is 80.5 Å². The van der Waals surface area contributed by atoms with Gasteiger partial charge in [0, 0.05) is 31.5 Å². The first-order valence-corrected chi connectivity index (χ1v) is 9.09. The van der Waals surface area contributed by atoms with Crippen LogP contribution in [0.15, 0.2) is 28.8 Å². The number of amides is 1. The van der Waals surface area contributed by atoms with Crippen molar-refractivity contribution in [1.29, 1.82) is 0 Å². The molecule has 3 rings (SSSR count). The van der Waals surface area contributed by atoms with Gasteiger partial charge >= 0.3 is 0 Å². The predicted molar refractivity (Wildman–Crippen MR) is 97.8 cm³/mol. The number of ether oxygens (including phenoxy) is 1. The molecular weight excluding hydrogens is 332 g/mol. The normalized spacial score (nSPS) is 15.2. The third kappa shape index (κ3) is 4.60. The SMILES string of the molecule is CNCC1CCN(C(=O)CCc2nc(-c3ccc(OC)cc3)no2)CC1. The van der Waals surface area contributed by atoms with E-state index in [9.17, 15) is 4.79 Å². The van der Waals surface area contributed by atoms with E-state index in [1.165, 1.54) is 0 Å². The first kappa shape index (κ1) is 18.4. The van der Waals surface area contributed by atoms with Gasteiger partial charge in [-0.1, -0.05) is 5.16 Å². The number of nitrogens with one attached hydrogen (secondary N) is 1. The number of carbonyl (C=O) groups excluding carboxylic acids is 1. The van der Waals surface area contributed by atoms with Gasteiger partial charge in [-0.15, -0.1) is 0 Å². The van der Waals surface area contributed by atoms with E-state index in [-0.39, 0.29) is 5.91 Å². The summed E-state index contributed by atoms with van der Waals surface area (Å²) in [6, 6.07) is 7.47. The standard InChI is InChI=1S/C19H26N4O3/c1-20-13-14-9-11-23(12-10-14)18(24)8-7-17-21-19(22-26-17)15-3-5-16(25-2)6-4-15/h3-6,14,20H,7-13H2,1-2H3. The van der Waals surface area contributed by atoms with Gasteiger partial charge in [-0.3, -0.25) is 4.79 Å². The van der Waals surface area contributed by atoms with Crippen molar-refractivity contribution < 1.29 is 14.1 Å². The molecule has 1 saturated heterocycles. The van der Waals surface area contributed by atoms with E-state index in [1.54, 1.807) is 7.11 Å². The van der Waals surface area contributed by atoms with Gasteiger partial charge in [-0.25, -0.2) is 0 Å². The van der Waals surface area contributed by atoms with Crippen molar-refractivity contribution in [3.05, 3.63) is 30.2 Å². The van der Waals surface area contributed by atoms with Crippen LogP contribution in [-0.4, -0.2) is 54.7 Å². The quantitative estimate of drug-likeness (QED) is 0.817. The molecule has 1 aliphatic heterocycles. The number of likely N-dealkylation sites (tertiary alicyclic amines) is 1. The molecule has 7 nitrogen and oxygen atoms in total. The molecule has 7 heteroatoms. The second kappa shape index (κ2) is 8.80. The van der Waals surface area contributed by atoms with Gasteiger partial charge in [0.05, 0.1) is 7.11 Å². The highest BCUT2D eigenvalue weighted by Gasteiger charge is 2.22. The number of hydrogen-bond acceptors (Lipinski definition) is 6. The van der Waals surface area contributed by atoms with E-state index in [0.29, 0.717) is 30.5 Å². The lowest BCUT2D eigenvalue weighted by Crippen LogP contribution is -2.40. The molecule has 1 aliphatic rings. The summed E-state index contributed by atoms with van der Waals surface area (Å²) < 4.78 is 10.4. The second-order valence-corrected chi connectivity index (χ2v) is 6.62. The minimum Gasteiger partial charge on any atom is -0.497 e. The van der Waals surface area contributed by atoms with Gasteiger partial charge < -0.3 is 19.5 Å². The molecule has 140 valence electrons. The molecule has 2 aromatic rings. The van der Waals surface area contributed by atoms with Gasteiger partial charge in [0.2, 0.25) is 17.6 Å². The molecule has 0 radical (unpaired) electrons. The maximum atomic E-state index is 12.4. The van der Waals surface area contributed by atoms with Crippen molar-refractivity contribution in [2.24, 2.45) is 5.92 Å². The largest absolute Gasteiger partial charge is 0.497 e. The van der Waals surface area contributed by atoms with Crippen LogP contribution in [0, 0.1) is 5.92 Å². The highest BCUT2D eigenvalue weighted by atomic mass is 16.5. The van der Waals surface area contributed by atoms with Crippen LogP contribution in [0.5, 0.6) is 5.75 Å². The number of carbonyl (C=O) groups is 1. The summed E-state index contributed by atoms with van der Waals surface area (Å²) in [5, 5.41) is 7.22. The molecule has 1 aromatic carbocycles. The Labute approximate surface area is 153 Å². The Hall–Kier alpha value is -2.41. The molecule has 26 heavy (non-hydrogen) atoms. The lowest BCUT2D eigenvalue weighted by atomic mass is 9.96. The Morgan fingerprint density at radius 3 is 2.69 bits per heavy atom. The average molecular weight is 358 g/mol. The van der Waals surface area contributed by atoms with E-state index in [4.69, 9.17) is 9.26 Å². The van der Waals surface area contributed by atoms with E-state index >= 15 is 0 Å². The predicted octanol–water partition coefficient (Wildman–Crippen LogP) is 2.14. The summed E-state index contributed by atoms with van der Waals surface area (Å²) in [6.07, 6.45) is 3.00. The monoisotopic (exact) mass is 358 g/mol. The van der Waals surface area contributed by atoms with Crippen molar-refractivity contribution in [1.82, 2.24) is 20.4 Å². The lowest BCUT2D eigenvalue weighted by Gasteiger charge is -2.31. The number of benzene rings is 1. The average Bonchev–Trinajstić information content (AvgIpc) is 3.16. The van der Waals surface area contributed by atoms with E-state index in [1.807, 2.05) is 36.2 Å². The van der Waals surface area contributed by atoms with Crippen LogP contribution in [-0.2, 0) is 11.2 Å². The fourth-order valence-electron chi connectivity index (χ4n) is 3.26. The van der Waals surface area contributed by atoms with Crippen molar-refractivity contribution >= 4 is 5.91 Å². The summed E-state index contributed by atoms with van der Waals surface area (Å²) in [7, 11) is 3.60. The van der Waals surface area contributed by atoms with E-state index in [0.717, 1.165) is 43.8 Å².